The number of likely N-dealkylation sites (N-methyl/N-ethyl adjacent to an activating group) is 3. The third-order valence-electron chi connectivity index (χ3n) is 27.0. The number of anilines is 1. The van der Waals surface area contributed by atoms with Crippen LogP contribution in [-0.2, 0) is 112 Å². The van der Waals surface area contributed by atoms with Gasteiger partial charge in [-0.05, 0) is 123 Å². The monoisotopic (exact) mass is 2060 g/mol. The van der Waals surface area contributed by atoms with Crippen molar-refractivity contribution in [3.05, 3.63) is 144 Å². The van der Waals surface area contributed by atoms with Crippen molar-refractivity contribution in [1.29, 1.82) is 0 Å². The zero-order chi connectivity index (χ0) is 107. The molecule has 0 saturated carbocycles. The first-order chi connectivity index (χ1) is 70.7. The normalized spacial score (nSPS) is 24.3. The van der Waals surface area contributed by atoms with Crippen LogP contribution in [0.2, 0.25) is 0 Å². The maximum Gasteiger partial charge on any atom is 0.249 e. The minimum atomic E-state index is -1.82. The topological polar surface area (TPSA) is 620 Å². The van der Waals surface area contributed by atoms with Gasteiger partial charge in [-0.1, -0.05) is 134 Å². The highest BCUT2D eigenvalue weighted by atomic mass is 32.2. The summed E-state index contributed by atoms with van der Waals surface area (Å²) in [5.41, 5.74) is 15.0. The Morgan fingerprint density at radius 2 is 1.20 bits per heavy atom. The highest BCUT2D eigenvalue weighted by Gasteiger charge is 2.47. The molecule has 0 radical (unpaired) electrons. The Balaban J connectivity index is 0.921. The van der Waals surface area contributed by atoms with Crippen LogP contribution in [-0.4, -0.2) is 317 Å². The van der Waals surface area contributed by atoms with Crippen molar-refractivity contribution < 1.29 is 101 Å². The summed E-state index contributed by atoms with van der Waals surface area (Å²) in [6.07, 6.45) is 2.55. The molecule has 19 N–H and O–H groups in total. The van der Waals surface area contributed by atoms with Crippen molar-refractivity contribution in [2.45, 2.75) is 248 Å². The largest absolute Gasteiger partial charge is 0.508 e. The fraction of sp³-hybridized carbons (Fsp3) is 0.495. The number of H-pyrrole nitrogens is 1. The molecule has 12 rings (SSSR count). The van der Waals surface area contributed by atoms with Gasteiger partial charge in [-0.15, -0.1) is 11.8 Å². The number of amides is 18. The average molecular weight is 2060 g/mol. The molecule has 44 nitrogen and oxygen atoms in total. The molecule has 4 aliphatic heterocycles. The molecule has 0 spiro atoms. The van der Waals surface area contributed by atoms with E-state index in [1.807, 2.05) is 13.8 Å². The number of aromatic nitrogens is 4. The maximum absolute atomic E-state index is 16.1. The van der Waals surface area contributed by atoms with Gasteiger partial charge in [0.1, 0.15) is 96.9 Å². The summed E-state index contributed by atoms with van der Waals surface area (Å²) in [6.45, 7) is 9.71. The molecule has 8 aromatic rings. The number of phenolic OH excluding ortho intramolecular Hbond substituents is 1. The Kier molecular flexibility index (Phi) is 39.1. The van der Waals surface area contributed by atoms with Gasteiger partial charge in [0.15, 0.2) is 5.52 Å². The molecular formula is C103H135N23O21S. The number of phenols is 1. The zero-order valence-electron chi connectivity index (χ0n) is 84.7. The number of hydrogen-bond donors (Lipinski definition) is 17. The number of carbonyl (C=O) groups excluding carboxylic acids is 18. The van der Waals surface area contributed by atoms with Crippen molar-refractivity contribution in [2.75, 3.05) is 70.7 Å². The summed E-state index contributed by atoms with van der Waals surface area (Å²) in [7, 11) is 4.00. The molecule has 18 amide bonds. The number of aromatic hydroxyl groups is 1. The van der Waals surface area contributed by atoms with Crippen molar-refractivity contribution in [3.8, 4) is 17.2 Å². The number of nitrogens with two attached hydrogens (primary N) is 2. The maximum atomic E-state index is 16.1. The number of aromatic amines is 1. The predicted molar refractivity (Wildman–Crippen MR) is 548 cm³/mol. The second-order valence-electron chi connectivity index (χ2n) is 39.0. The smallest absolute Gasteiger partial charge is 0.249 e. The SMILES string of the molecule is CCCC[C@H]1C(=O)N(C)[C@@H](CCCC)C(=O)N[C@@H](CC(C)C)C(=O)N[C@H](C(=O)NCC(N)=O)CSCC(=O)N[C@@H](Cc2ccc(O)cc2)C(=O)N(C)[C@@H](C)C(=O)N[C@@H](CC(N)=O)C(=O)N2CCC[C@H]2C(=O)N[C@@H](CNc2ccnc3oc(-c4ccccc4)nc23)C(=O)N[C@@H](CC(C)C)C(=O)N2C[C@H](O)C[C@H]2C(=O)N[C@@H](Cc2c[nH]c3ccccc23)C(=O)N[C@H]2CCNC(=O)Cn3cc(c4ccccc43)C[C@H](NC2=O)C(=O)N1C. The fourth-order valence-electron chi connectivity index (χ4n) is 18.9. The summed E-state index contributed by atoms with van der Waals surface area (Å²) in [6, 6.07) is 8.47. The number of oxazole rings is 1. The van der Waals surface area contributed by atoms with Gasteiger partial charge in [0, 0.05) is 125 Å². The molecule has 3 saturated heterocycles. The fourth-order valence-corrected chi connectivity index (χ4v) is 19.8. The predicted octanol–water partition coefficient (Wildman–Crippen LogP) is 1.20. The lowest BCUT2D eigenvalue weighted by atomic mass is 9.99. The third kappa shape index (κ3) is 29.0. The van der Waals surface area contributed by atoms with E-state index in [0.717, 1.165) is 26.5 Å². The first kappa shape index (κ1) is 112. The van der Waals surface area contributed by atoms with E-state index < -0.39 is 247 Å². The summed E-state index contributed by atoms with van der Waals surface area (Å²) < 4.78 is 7.76. The summed E-state index contributed by atoms with van der Waals surface area (Å²) in [5, 5.41) is 56.6. The van der Waals surface area contributed by atoms with E-state index in [4.69, 9.17) is 20.9 Å². The van der Waals surface area contributed by atoms with Crippen LogP contribution in [0.1, 0.15) is 149 Å². The number of pyridine rings is 1. The van der Waals surface area contributed by atoms with Crippen LogP contribution in [0.3, 0.4) is 0 Å². The Bertz CT molecular complexity index is 6170. The van der Waals surface area contributed by atoms with Gasteiger partial charge in [-0.25, -0.2) is 9.97 Å². The number of rotatable bonds is 23. The van der Waals surface area contributed by atoms with Gasteiger partial charge in [-0.2, -0.15) is 0 Å². The number of benzene rings is 4. The highest BCUT2D eigenvalue weighted by molar-refractivity contribution is 8.00. The van der Waals surface area contributed by atoms with Gasteiger partial charge >= 0.3 is 0 Å². The van der Waals surface area contributed by atoms with Crippen LogP contribution in [0.5, 0.6) is 5.75 Å². The van der Waals surface area contributed by atoms with Crippen LogP contribution in [0.15, 0.2) is 132 Å². The lowest BCUT2D eigenvalue weighted by Crippen LogP contribution is -2.62. The number of fused-ring (bicyclic) bond motifs is 12. The van der Waals surface area contributed by atoms with Crippen molar-refractivity contribution in [2.24, 2.45) is 23.3 Å². The lowest BCUT2D eigenvalue weighted by molar-refractivity contribution is -0.149. The van der Waals surface area contributed by atoms with E-state index in [0.29, 0.717) is 69.7 Å². The van der Waals surface area contributed by atoms with Crippen molar-refractivity contribution >= 4 is 157 Å². The molecule has 4 aromatic heterocycles. The van der Waals surface area contributed by atoms with Gasteiger partial charge < -0.3 is 124 Å². The van der Waals surface area contributed by atoms with Crippen LogP contribution in [0.4, 0.5) is 5.69 Å². The van der Waals surface area contributed by atoms with Gasteiger partial charge in [-0.3, -0.25) is 86.3 Å². The van der Waals surface area contributed by atoms with E-state index in [2.05, 4.69) is 73.8 Å². The van der Waals surface area contributed by atoms with Gasteiger partial charge in [0.25, 0.3) is 0 Å². The molecule has 148 heavy (non-hydrogen) atoms. The molecular weight excluding hydrogens is 1930 g/mol. The molecule has 794 valence electrons. The Hall–Kier alpha value is -15.1. The molecule has 3 fully saturated rings. The van der Waals surface area contributed by atoms with E-state index in [9.17, 15) is 43.8 Å². The second kappa shape index (κ2) is 51.8. The average Bonchev–Trinajstić information content (AvgIpc) is 1.51. The number of aliphatic hydroxyl groups is 1. The summed E-state index contributed by atoms with van der Waals surface area (Å²) in [4.78, 5) is 287. The number of primary amides is 2. The van der Waals surface area contributed by atoms with Gasteiger partial charge in [0.05, 0.1) is 30.5 Å². The molecule has 4 aromatic carbocycles. The minimum Gasteiger partial charge on any atom is -0.508 e. The minimum absolute atomic E-state index is 0.0131. The number of hydrogen-bond acceptors (Lipinski definition) is 25. The van der Waals surface area contributed by atoms with E-state index in [1.54, 1.807) is 124 Å². The van der Waals surface area contributed by atoms with Crippen LogP contribution in [0.25, 0.3) is 44.5 Å². The Labute approximate surface area is 859 Å². The first-order valence-corrected chi connectivity index (χ1v) is 51.3. The standard InChI is InChI=1S/C103H135N23O21S/c1-11-13-28-79-94(139)113-70(41-56(3)4)91(136)119-77(89(134)110-50-84(105)130)54-148-55-86(132)111-73(43-59-32-34-63(127)35-33-59)99(142)121(8)58(7)88(133)115-75(47-83(104)129)101(144)125-40-22-31-80(125)95(140)118-76(49-109-68-36-39-107-98-87(68)120-97(147-98)60-23-16-15-17-24-60)93(138)116-72(42-57(5)6)102(145)126-52-64(128)46-82(126)96(141)114-71(44-61-48-108-67-27-20-18-25-65(61)67)92(137)112-69-37-38-106-85(131)53-124-51-62(66-26-19-21-30-78(66)124)45-74(117-90(69)135)100(143)123(10)81(29-14-12-2)103(146)122(79)9/h15-21,23-27,30,32-36,39,48,51,56-58,64,69-77,79-82,108,127-128H,11-14,22,28-29,31,37-38,40-47,49-50,52-55H2,1-10H3,(H2,104,129)(H2,105,130)(H,106,131)(H,107,109)(H,110,134)(H,111,132)(H,112,137)(H,113,139)(H,114,141)(H,115,133)(H,116,138)(H,117,135)(H,118,140)(H,119,136)/t58-,64+,69-,70-,71-,72-,73-,74-,75-,76-,77-,79-,80-,81-,82-/m0/s1. The lowest BCUT2D eigenvalue weighted by Gasteiger charge is -2.36. The highest BCUT2D eigenvalue weighted by Crippen LogP contribution is 2.32. The van der Waals surface area contributed by atoms with Crippen LogP contribution >= 0.6 is 11.8 Å². The number of nitrogens with zero attached hydrogens (tertiary/aromatic N) is 8. The van der Waals surface area contributed by atoms with Crippen LogP contribution in [0, 0.1) is 11.8 Å². The van der Waals surface area contributed by atoms with E-state index in [-0.39, 0.29) is 118 Å². The molecule has 4 aliphatic rings. The molecule has 8 heterocycles. The number of thioether (sulfide) groups is 1. The number of nitrogens with one attached hydrogen (secondary N) is 13. The first-order valence-electron chi connectivity index (χ1n) is 50.1. The number of carbonyl (C=O) groups is 18. The quantitative estimate of drug-likeness (QED) is 0.0428. The zero-order valence-corrected chi connectivity index (χ0v) is 85.5. The second-order valence-corrected chi connectivity index (χ2v) is 40.0. The van der Waals surface area contributed by atoms with Crippen molar-refractivity contribution in [1.82, 2.24) is 103 Å². The number of unbranched alkanes of at least 4 members (excludes halogenated alkanes) is 2. The molecule has 0 unspecified atom stereocenters. The van der Waals surface area contributed by atoms with E-state index in [1.165, 1.54) is 74.4 Å². The molecule has 15 atom stereocenters. The van der Waals surface area contributed by atoms with Crippen molar-refractivity contribution in [3.63, 3.8) is 0 Å². The Morgan fingerprint density at radius 1 is 0.581 bits per heavy atom. The number of aliphatic hydroxyl groups excluding tert-OH is 1. The van der Waals surface area contributed by atoms with Crippen LogP contribution < -0.4 is 75.3 Å². The van der Waals surface area contributed by atoms with Gasteiger partial charge in [0.2, 0.25) is 118 Å². The Morgan fingerprint density at radius 3 is 1.91 bits per heavy atom. The summed E-state index contributed by atoms with van der Waals surface area (Å²) in [5.74, 6) is -17.8. The third-order valence-corrected chi connectivity index (χ3v) is 28.0. The molecule has 4 bridgehead atoms. The number of para-hydroxylation sites is 2. The summed E-state index contributed by atoms with van der Waals surface area (Å²) >= 11 is 0.793. The van der Waals surface area contributed by atoms with E-state index >= 15 is 52.7 Å². The molecule has 45 heteroatoms. The molecule has 0 aliphatic carbocycles.